The minimum Gasteiger partial charge on any atom is -0.449 e. The lowest BCUT2D eigenvalue weighted by molar-refractivity contribution is -0.137. The van der Waals surface area contributed by atoms with E-state index < -0.39 is 39.7 Å². The molecule has 1 unspecified atom stereocenters. The van der Waals surface area contributed by atoms with Gasteiger partial charge in [-0.05, 0) is 69.3 Å². The van der Waals surface area contributed by atoms with E-state index in [9.17, 15) is 31.2 Å². The van der Waals surface area contributed by atoms with Crippen LogP contribution in [-0.2, 0) is 25.7 Å². The van der Waals surface area contributed by atoms with Crippen LogP contribution in [0.1, 0.15) is 36.7 Å². The van der Waals surface area contributed by atoms with Crippen molar-refractivity contribution in [1.82, 2.24) is 4.72 Å². The summed E-state index contributed by atoms with van der Waals surface area (Å²) in [5.74, 6) is -1.61. The Balaban J connectivity index is 1.99. The smallest absolute Gasteiger partial charge is 0.416 e. The van der Waals surface area contributed by atoms with Gasteiger partial charge in [0.05, 0.1) is 16.0 Å². The highest BCUT2D eigenvalue weighted by Gasteiger charge is 2.30. The Morgan fingerprint density at radius 1 is 0.935 bits per heavy atom. The third-order valence-corrected chi connectivity index (χ3v) is 5.60. The molecule has 0 fully saturated rings. The highest BCUT2D eigenvalue weighted by molar-refractivity contribution is 7.89. The van der Waals surface area contributed by atoms with Crippen LogP contribution in [0.4, 0.5) is 18.9 Å². The zero-order valence-electron chi connectivity index (χ0n) is 16.9. The van der Waals surface area contributed by atoms with Gasteiger partial charge >= 0.3 is 12.1 Å². The third kappa shape index (κ3) is 6.79. The van der Waals surface area contributed by atoms with E-state index in [-0.39, 0.29) is 22.2 Å². The Bertz CT molecular complexity index is 1030. The molecule has 2 N–H and O–H groups in total. The van der Waals surface area contributed by atoms with Gasteiger partial charge in [-0.15, -0.1) is 0 Å². The fourth-order valence-corrected chi connectivity index (χ4v) is 3.67. The van der Waals surface area contributed by atoms with Crippen molar-refractivity contribution in [3.8, 4) is 0 Å². The average molecular weight is 458 g/mol. The molecule has 0 spiro atoms. The van der Waals surface area contributed by atoms with Gasteiger partial charge in [0.25, 0.3) is 5.91 Å². The number of esters is 1. The summed E-state index contributed by atoms with van der Waals surface area (Å²) in [7, 11) is -3.72. The molecule has 0 heterocycles. The molecule has 2 aromatic carbocycles. The van der Waals surface area contributed by atoms with Gasteiger partial charge in [0.15, 0.2) is 6.10 Å². The maximum absolute atomic E-state index is 12.6. The zero-order valence-corrected chi connectivity index (χ0v) is 17.7. The molecule has 1 atom stereocenters. The van der Waals surface area contributed by atoms with Crippen LogP contribution in [0.25, 0.3) is 0 Å². The first-order valence-corrected chi connectivity index (χ1v) is 10.6. The summed E-state index contributed by atoms with van der Waals surface area (Å²) in [4.78, 5) is 24.3. The Hall–Kier alpha value is -2.92. The van der Waals surface area contributed by atoms with Gasteiger partial charge in [-0.3, -0.25) is 4.79 Å². The summed E-state index contributed by atoms with van der Waals surface area (Å²) < 4.78 is 69.4. The van der Waals surface area contributed by atoms with E-state index in [1.807, 2.05) is 0 Å². The van der Waals surface area contributed by atoms with Crippen LogP contribution >= 0.6 is 0 Å². The molecule has 11 heteroatoms. The average Bonchev–Trinajstić information content (AvgIpc) is 2.66. The molecule has 0 bridgehead atoms. The summed E-state index contributed by atoms with van der Waals surface area (Å²) in [6.45, 7) is 4.63. The van der Waals surface area contributed by atoms with Gasteiger partial charge in [-0.1, -0.05) is 0 Å². The van der Waals surface area contributed by atoms with Crippen LogP contribution in [-0.4, -0.2) is 32.4 Å². The highest BCUT2D eigenvalue weighted by Crippen LogP contribution is 2.29. The van der Waals surface area contributed by atoms with Crippen molar-refractivity contribution in [3.05, 3.63) is 59.7 Å². The number of sulfonamides is 1. The number of anilines is 1. The summed E-state index contributed by atoms with van der Waals surface area (Å²) in [5.41, 5.74) is -0.732. The molecule has 0 radical (unpaired) electrons. The van der Waals surface area contributed by atoms with Gasteiger partial charge in [0.2, 0.25) is 10.0 Å². The molecule has 0 aliphatic rings. The normalized spacial score (nSPS) is 13.0. The summed E-state index contributed by atoms with van der Waals surface area (Å²) >= 11 is 0. The van der Waals surface area contributed by atoms with Gasteiger partial charge in [0.1, 0.15) is 0 Å². The summed E-state index contributed by atoms with van der Waals surface area (Å²) in [6.07, 6.45) is -5.74. The number of benzene rings is 2. The van der Waals surface area contributed by atoms with Gasteiger partial charge in [0, 0.05) is 11.7 Å². The van der Waals surface area contributed by atoms with Gasteiger partial charge in [-0.2, -0.15) is 13.2 Å². The van der Waals surface area contributed by atoms with Crippen LogP contribution in [0.15, 0.2) is 53.4 Å². The lowest BCUT2D eigenvalue weighted by atomic mass is 10.2. The number of rotatable bonds is 7. The van der Waals surface area contributed by atoms with Crippen molar-refractivity contribution < 1.29 is 35.9 Å². The van der Waals surface area contributed by atoms with E-state index in [1.165, 1.54) is 31.2 Å². The second-order valence-corrected chi connectivity index (χ2v) is 8.63. The molecular weight excluding hydrogens is 437 g/mol. The number of hydrogen-bond donors (Lipinski definition) is 2. The third-order valence-electron chi connectivity index (χ3n) is 3.92. The van der Waals surface area contributed by atoms with Crippen molar-refractivity contribution in [2.45, 2.75) is 44.0 Å². The monoisotopic (exact) mass is 458 g/mol. The first-order chi connectivity index (χ1) is 14.3. The first kappa shape index (κ1) is 24.4. The van der Waals surface area contributed by atoms with E-state index in [4.69, 9.17) is 4.74 Å². The molecule has 0 aliphatic carbocycles. The quantitative estimate of drug-likeness (QED) is 0.618. The number of halogens is 3. The van der Waals surface area contributed by atoms with Gasteiger partial charge in [-0.25, -0.2) is 17.9 Å². The minimum atomic E-state index is -4.49. The Morgan fingerprint density at radius 3 is 1.97 bits per heavy atom. The van der Waals surface area contributed by atoms with Crippen LogP contribution < -0.4 is 10.0 Å². The van der Waals surface area contributed by atoms with Crippen molar-refractivity contribution in [2.75, 3.05) is 5.32 Å². The Kier molecular flexibility index (Phi) is 7.45. The lowest BCUT2D eigenvalue weighted by Gasteiger charge is -2.14. The molecule has 2 rings (SSSR count). The lowest BCUT2D eigenvalue weighted by Crippen LogP contribution is -2.30. The number of ether oxygens (including phenoxy) is 1. The van der Waals surface area contributed by atoms with E-state index in [0.29, 0.717) is 0 Å². The number of hydrogen-bond acceptors (Lipinski definition) is 5. The van der Waals surface area contributed by atoms with Crippen molar-refractivity contribution in [3.63, 3.8) is 0 Å². The fraction of sp³-hybridized carbons (Fsp3) is 0.300. The molecule has 0 aliphatic heterocycles. The van der Waals surface area contributed by atoms with E-state index >= 15 is 0 Å². The number of carbonyl (C=O) groups excluding carboxylic acids is 2. The molecule has 1 amide bonds. The highest BCUT2D eigenvalue weighted by atomic mass is 32.2. The Morgan fingerprint density at radius 2 is 1.48 bits per heavy atom. The van der Waals surface area contributed by atoms with Crippen molar-refractivity contribution >= 4 is 27.6 Å². The second-order valence-electron chi connectivity index (χ2n) is 6.91. The predicted molar refractivity (Wildman–Crippen MR) is 107 cm³/mol. The molecule has 2 aromatic rings. The standard InChI is InChI=1S/C20H21F3N2O5S/c1-12(2)25-31(28,29)17-10-4-14(5-11-17)19(27)30-13(3)18(26)24-16-8-6-15(7-9-16)20(21,22)23/h4-13,25H,1-3H3,(H,24,26). The Labute approximate surface area is 177 Å². The summed E-state index contributed by atoms with van der Waals surface area (Å²) in [6, 6.07) is 8.45. The molecule has 0 saturated heterocycles. The van der Waals surface area contributed by atoms with Crippen LogP contribution in [0.2, 0.25) is 0 Å². The van der Waals surface area contributed by atoms with Crippen molar-refractivity contribution in [1.29, 1.82) is 0 Å². The van der Waals surface area contributed by atoms with E-state index in [1.54, 1.807) is 13.8 Å². The predicted octanol–water partition coefficient (Wildman–Crippen LogP) is 3.58. The fourth-order valence-electron chi connectivity index (χ4n) is 2.42. The number of nitrogens with one attached hydrogen (secondary N) is 2. The van der Waals surface area contributed by atoms with E-state index in [0.717, 1.165) is 24.3 Å². The molecule has 168 valence electrons. The topological polar surface area (TPSA) is 102 Å². The number of carbonyl (C=O) groups is 2. The summed E-state index contributed by atoms with van der Waals surface area (Å²) in [5, 5.41) is 2.35. The zero-order chi connectivity index (χ0) is 23.4. The van der Waals surface area contributed by atoms with Crippen LogP contribution in [0, 0.1) is 0 Å². The SMILES string of the molecule is CC(C)NS(=O)(=O)c1ccc(C(=O)OC(C)C(=O)Nc2ccc(C(F)(F)F)cc2)cc1. The van der Waals surface area contributed by atoms with Gasteiger partial charge < -0.3 is 10.1 Å². The molecule has 0 aromatic heterocycles. The number of alkyl halides is 3. The molecule has 7 nitrogen and oxygen atoms in total. The molecule has 31 heavy (non-hydrogen) atoms. The molecule has 0 saturated carbocycles. The molecular formula is C20H21F3N2O5S. The van der Waals surface area contributed by atoms with Crippen LogP contribution in [0.5, 0.6) is 0 Å². The minimum absolute atomic E-state index is 0.0256. The maximum Gasteiger partial charge on any atom is 0.416 e. The maximum atomic E-state index is 12.6. The first-order valence-electron chi connectivity index (χ1n) is 9.11. The largest absolute Gasteiger partial charge is 0.449 e. The van der Waals surface area contributed by atoms with E-state index in [2.05, 4.69) is 10.0 Å². The van der Waals surface area contributed by atoms with Crippen LogP contribution in [0.3, 0.4) is 0 Å². The second kappa shape index (κ2) is 9.48. The van der Waals surface area contributed by atoms with Crippen molar-refractivity contribution in [2.24, 2.45) is 0 Å². The number of amides is 1.